The third-order valence-electron chi connectivity index (χ3n) is 2.72. The second kappa shape index (κ2) is 6.36. The lowest BCUT2D eigenvalue weighted by Gasteiger charge is -2.05. The molecule has 0 fully saturated rings. The Bertz CT molecular complexity index is 502. The molecule has 0 saturated carbocycles. The van der Waals surface area contributed by atoms with Gasteiger partial charge in [0, 0.05) is 11.2 Å². The maximum atomic E-state index is 5.84. The van der Waals surface area contributed by atoms with E-state index >= 15 is 0 Å². The van der Waals surface area contributed by atoms with Gasteiger partial charge in [-0.05, 0) is 36.6 Å². The molecule has 0 aliphatic rings. The number of hydrogen-bond donors (Lipinski definition) is 0. The Balaban J connectivity index is 1.95. The van der Waals surface area contributed by atoms with Crippen LogP contribution in [0.1, 0.15) is 18.1 Å². The first kappa shape index (κ1) is 12.8. The minimum absolute atomic E-state index is 0.281. The van der Waals surface area contributed by atoms with E-state index < -0.39 is 0 Å². The Hall–Kier alpha value is -1.60. The van der Waals surface area contributed by atoms with Crippen LogP contribution < -0.4 is 0 Å². The monoisotopic (exact) mass is 257 g/mol. The summed E-state index contributed by atoms with van der Waals surface area (Å²) in [6.45, 7) is 2.12. The molecule has 2 rings (SSSR count). The number of rotatable bonds is 4. The number of aliphatic imine (C=N–C) groups is 1. The van der Waals surface area contributed by atoms with E-state index in [1.54, 1.807) is 0 Å². The van der Waals surface area contributed by atoms with Crippen LogP contribution in [0.2, 0.25) is 5.02 Å². The molecule has 2 heteroatoms. The minimum atomic E-state index is 0.281. The minimum Gasteiger partial charge on any atom is -0.289 e. The second-order valence-electron chi connectivity index (χ2n) is 4.37. The van der Waals surface area contributed by atoms with E-state index in [0.717, 1.165) is 17.0 Å². The van der Waals surface area contributed by atoms with E-state index in [4.69, 9.17) is 11.6 Å². The fourth-order valence-electron chi connectivity index (χ4n) is 1.77. The third kappa shape index (κ3) is 4.01. The van der Waals surface area contributed by atoms with E-state index in [0.29, 0.717) is 0 Å². The SMILES string of the molecule is C[C@@H](Cc1ccccc1)N=Cc1ccc(Cl)cc1. The van der Waals surface area contributed by atoms with Gasteiger partial charge in [-0.2, -0.15) is 0 Å². The van der Waals surface area contributed by atoms with Crippen molar-refractivity contribution in [1.29, 1.82) is 0 Å². The van der Waals surface area contributed by atoms with Crippen LogP contribution in [0.15, 0.2) is 59.6 Å². The van der Waals surface area contributed by atoms with Crippen LogP contribution in [0.4, 0.5) is 0 Å². The van der Waals surface area contributed by atoms with Gasteiger partial charge in [0.05, 0.1) is 6.04 Å². The van der Waals surface area contributed by atoms with Crippen LogP contribution in [-0.4, -0.2) is 12.3 Å². The normalized spacial score (nSPS) is 12.8. The summed E-state index contributed by atoms with van der Waals surface area (Å²) in [5.74, 6) is 0. The summed E-state index contributed by atoms with van der Waals surface area (Å²) in [5, 5.41) is 0.754. The van der Waals surface area contributed by atoms with Crippen molar-refractivity contribution in [3.8, 4) is 0 Å². The molecule has 0 bridgehead atoms. The first-order chi connectivity index (χ1) is 8.74. The molecular formula is C16H16ClN. The van der Waals surface area contributed by atoms with Crippen molar-refractivity contribution >= 4 is 17.8 Å². The maximum absolute atomic E-state index is 5.84. The summed E-state index contributed by atoms with van der Waals surface area (Å²) >= 11 is 5.84. The summed E-state index contributed by atoms with van der Waals surface area (Å²) in [6.07, 6.45) is 2.87. The fourth-order valence-corrected chi connectivity index (χ4v) is 1.90. The topological polar surface area (TPSA) is 12.4 Å². The summed E-state index contributed by atoms with van der Waals surface area (Å²) in [4.78, 5) is 4.55. The van der Waals surface area contributed by atoms with Crippen LogP contribution in [-0.2, 0) is 6.42 Å². The number of hydrogen-bond acceptors (Lipinski definition) is 1. The molecule has 0 saturated heterocycles. The zero-order valence-corrected chi connectivity index (χ0v) is 11.1. The Morgan fingerprint density at radius 1 is 1.06 bits per heavy atom. The van der Waals surface area contributed by atoms with Gasteiger partial charge in [0.1, 0.15) is 0 Å². The quantitative estimate of drug-likeness (QED) is 0.721. The van der Waals surface area contributed by atoms with Crippen LogP contribution in [0, 0.1) is 0 Å². The Morgan fingerprint density at radius 2 is 1.72 bits per heavy atom. The van der Waals surface area contributed by atoms with Crippen molar-refractivity contribution in [1.82, 2.24) is 0 Å². The number of benzene rings is 2. The fraction of sp³-hybridized carbons (Fsp3) is 0.188. The van der Waals surface area contributed by atoms with Crippen molar-refractivity contribution in [3.05, 3.63) is 70.7 Å². The largest absolute Gasteiger partial charge is 0.289 e. The summed E-state index contributed by atoms with van der Waals surface area (Å²) in [7, 11) is 0. The zero-order valence-electron chi connectivity index (χ0n) is 10.4. The summed E-state index contributed by atoms with van der Waals surface area (Å²) in [6, 6.07) is 18.4. The molecule has 1 atom stereocenters. The van der Waals surface area contributed by atoms with E-state index in [9.17, 15) is 0 Å². The molecule has 1 nitrogen and oxygen atoms in total. The molecule has 0 heterocycles. The van der Waals surface area contributed by atoms with E-state index in [1.807, 2.05) is 36.5 Å². The van der Waals surface area contributed by atoms with Crippen molar-refractivity contribution < 1.29 is 0 Å². The van der Waals surface area contributed by atoms with E-state index in [-0.39, 0.29) is 6.04 Å². The van der Waals surface area contributed by atoms with E-state index in [1.165, 1.54) is 5.56 Å². The first-order valence-corrected chi connectivity index (χ1v) is 6.44. The molecule has 0 aliphatic heterocycles. The van der Waals surface area contributed by atoms with Gasteiger partial charge in [-0.3, -0.25) is 4.99 Å². The molecule has 0 radical (unpaired) electrons. The molecule has 2 aromatic rings. The van der Waals surface area contributed by atoms with Gasteiger partial charge in [0.25, 0.3) is 0 Å². The standard InChI is InChI=1S/C16H16ClN/c1-13(11-14-5-3-2-4-6-14)18-12-15-7-9-16(17)10-8-15/h2-10,12-13H,11H2,1H3/t13-/m0/s1. The highest BCUT2D eigenvalue weighted by atomic mass is 35.5. The average molecular weight is 258 g/mol. The summed E-state index contributed by atoms with van der Waals surface area (Å²) in [5.41, 5.74) is 2.40. The Kier molecular flexibility index (Phi) is 4.54. The first-order valence-electron chi connectivity index (χ1n) is 6.07. The van der Waals surface area contributed by atoms with E-state index in [2.05, 4.69) is 36.2 Å². The molecule has 0 aromatic heterocycles. The van der Waals surface area contributed by atoms with Crippen LogP contribution in [0.3, 0.4) is 0 Å². The highest BCUT2D eigenvalue weighted by Crippen LogP contribution is 2.09. The van der Waals surface area contributed by atoms with Crippen LogP contribution >= 0.6 is 11.6 Å². The molecule has 0 amide bonds. The van der Waals surface area contributed by atoms with Gasteiger partial charge < -0.3 is 0 Å². The molecule has 92 valence electrons. The van der Waals surface area contributed by atoms with Crippen molar-refractivity contribution in [2.75, 3.05) is 0 Å². The van der Waals surface area contributed by atoms with Crippen molar-refractivity contribution in [2.24, 2.45) is 4.99 Å². The molecule has 0 N–H and O–H groups in total. The highest BCUT2D eigenvalue weighted by molar-refractivity contribution is 6.30. The van der Waals surface area contributed by atoms with Gasteiger partial charge in [-0.15, -0.1) is 0 Å². The smallest absolute Gasteiger partial charge is 0.0511 e. The predicted octanol–water partition coefficient (Wildman–Crippen LogP) is 4.39. The average Bonchev–Trinajstić information content (AvgIpc) is 2.39. The molecule has 0 aliphatic carbocycles. The molecule has 2 aromatic carbocycles. The zero-order chi connectivity index (χ0) is 12.8. The van der Waals surface area contributed by atoms with Gasteiger partial charge in [0.15, 0.2) is 0 Å². The lowest BCUT2D eigenvalue weighted by atomic mass is 10.1. The Labute approximate surface area is 113 Å². The number of nitrogens with zero attached hydrogens (tertiary/aromatic N) is 1. The lowest BCUT2D eigenvalue weighted by Crippen LogP contribution is -2.03. The molecular weight excluding hydrogens is 242 g/mol. The van der Waals surface area contributed by atoms with Gasteiger partial charge in [0.2, 0.25) is 0 Å². The lowest BCUT2D eigenvalue weighted by molar-refractivity contribution is 0.744. The number of halogens is 1. The van der Waals surface area contributed by atoms with Crippen LogP contribution in [0.25, 0.3) is 0 Å². The van der Waals surface area contributed by atoms with Crippen LogP contribution in [0.5, 0.6) is 0 Å². The summed E-state index contributed by atoms with van der Waals surface area (Å²) < 4.78 is 0. The second-order valence-corrected chi connectivity index (χ2v) is 4.80. The van der Waals surface area contributed by atoms with Crippen molar-refractivity contribution in [2.45, 2.75) is 19.4 Å². The Morgan fingerprint density at radius 3 is 2.39 bits per heavy atom. The highest BCUT2D eigenvalue weighted by Gasteiger charge is 1.99. The molecule has 0 spiro atoms. The predicted molar refractivity (Wildman–Crippen MR) is 78.7 cm³/mol. The van der Waals surface area contributed by atoms with Gasteiger partial charge in [-0.25, -0.2) is 0 Å². The van der Waals surface area contributed by atoms with Gasteiger partial charge >= 0.3 is 0 Å². The van der Waals surface area contributed by atoms with Crippen molar-refractivity contribution in [3.63, 3.8) is 0 Å². The molecule has 18 heavy (non-hydrogen) atoms. The molecule has 0 unspecified atom stereocenters. The maximum Gasteiger partial charge on any atom is 0.0511 e. The van der Waals surface area contributed by atoms with Gasteiger partial charge in [-0.1, -0.05) is 54.1 Å². The third-order valence-corrected chi connectivity index (χ3v) is 2.97.